The fourth-order valence-electron chi connectivity index (χ4n) is 2.69. The third-order valence-corrected chi connectivity index (χ3v) is 5.04. The zero-order valence-electron chi connectivity index (χ0n) is 12.8. The number of nitrogens with two attached hydrogens (primary N) is 1. The highest BCUT2D eigenvalue weighted by atomic mass is 32.2. The summed E-state index contributed by atoms with van der Waals surface area (Å²) in [5.41, 5.74) is 0.605. The molecular weight excluding hydrogens is 290 g/mol. The van der Waals surface area contributed by atoms with Gasteiger partial charge in [0.05, 0.1) is 0 Å². The van der Waals surface area contributed by atoms with Gasteiger partial charge in [-0.2, -0.15) is 0 Å². The maximum absolute atomic E-state index is 12.6. The lowest BCUT2D eigenvalue weighted by atomic mass is 9.85. The van der Waals surface area contributed by atoms with Gasteiger partial charge in [-0.3, -0.25) is 4.79 Å². The fraction of sp³-hybridized carbons (Fsp3) is 0.643. The Morgan fingerprint density at radius 1 is 1.29 bits per heavy atom. The molecule has 0 spiro atoms. The molecule has 0 aliphatic carbocycles. The highest BCUT2D eigenvalue weighted by Gasteiger charge is 2.27. The number of primary sulfonamides is 1. The number of likely N-dealkylation sites (tertiary alicyclic amines) is 1. The summed E-state index contributed by atoms with van der Waals surface area (Å²) < 4.78 is 24.3. The number of sulfonamides is 1. The fourth-order valence-corrected chi connectivity index (χ4v) is 3.27. The van der Waals surface area contributed by atoms with E-state index in [2.05, 4.69) is 13.8 Å². The van der Waals surface area contributed by atoms with Gasteiger partial charge in [0, 0.05) is 26.3 Å². The molecular formula is C14H23N3O3S. The molecule has 118 valence electrons. The molecule has 2 heterocycles. The summed E-state index contributed by atoms with van der Waals surface area (Å²) in [6, 6.07) is 1.35. The van der Waals surface area contributed by atoms with E-state index >= 15 is 0 Å². The van der Waals surface area contributed by atoms with Crippen molar-refractivity contribution in [3.05, 3.63) is 18.0 Å². The molecule has 2 rings (SSSR count). The monoisotopic (exact) mass is 313 g/mol. The Hall–Kier alpha value is -1.34. The second-order valence-electron chi connectivity index (χ2n) is 6.53. The van der Waals surface area contributed by atoms with E-state index in [1.54, 1.807) is 11.9 Å². The molecule has 0 radical (unpaired) electrons. The zero-order chi connectivity index (χ0) is 15.8. The Kier molecular flexibility index (Phi) is 4.17. The van der Waals surface area contributed by atoms with Gasteiger partial charge in [-0.05, 0) is 30.7 Å². The Bertz CT molecular complexity index is 646. The summed E-state index contributed by atoms with van der Waals surface area (Å²) in [5, 5.41) is 5.11. The predicted molar refractivity (Wildman–Crippen MR) is 80.3 cm³/mol. The van der Waals surface area contributed by atoms with Crippen molar-refractivity contribution >= 4 is 15.9 Å². The van der Waals surface area contributed by atoms with E-state index in [0.29, 0.717) is 18.8 Å². The average molecular weight is 313 g/mol. The molecule has 7 heteroatoms. The predicted octanol–water partition coefficient (Wildman–Crippen LogP) is 1.32. The van der Waals surface area contributed by atoms with E-state index in [4.69, 9.17) is 5.14 Å². The van der Waals surface area contributed by atoms with Gasteiger partial charge in [0.2, 0.25) is 10.0 Å². The first-order valence-electron chi connectivity index (χ1n) is 7.09. The summed E-state index contributed by atoms with van der Waals surface area (Å²) >= 11 is 0. The number of rotatable bonds is 2. The van der Waals surface area contributed by atoms with Gasteiger partial charge in [-0.1, -0.05) is 13.8 Å². The maximum Gasteiger partial charge on any atom is 0.270 e. The summed E-state index contributed by atoms with van der Waals surface area (Å²) in [7, 11) is -2.13. The van der Waals surface area contributed by atoms with Gasteiger partial charge in [-0.25, -0.2) is 13.6 Å². The molecule has 2 N–H and O–H groups in total. The van der Waals surface area contributed by atoms with Crippen molar-refractivity contribution in [2.24, 2.45) is 17.6 Å². The molecule has 1 aromatic heterocycles. The van der Waals surface area contributed by atoms with Crippen molar-refractivity contribution in [2.45, 2.75) is 38.0 Å². The highest BCUT2D eigenvalue weighted by molar-refractivity contribution is 7.89. The van der Waals surface area contributed by atoms with E-state index in [1.165, 1.54) is 16.8 Å². The number of hydrogen-bond acceptors (Lipinski definition) is 3. The van der Waals surface area contributed by atoms with Gasteiger partial charge >= 0.3 is 0 Å². The van der Waals surface area contributed by atoms with E-state index in [1.807, 2.05) is 0 Å². The lowest BCUT2D eigenvalue weighted by molar-refractivity contribution is 0.0748. The molecule has 1 aliphatic rings. The first kappa shape index (κ1) is 16.0. The molecule has 0 unspecified atom stereocenters. The normalized spacial score (nSPS) is 19.3. The Labute approximate surface area is 126 Å². The summed E-state index contributed by atoms with van der Waals surface area (Å²) in [5.74, 6) is -0.134. The van der Waals surface area contributed by atoms with E-state index in [0.717, 1.165) is 19.3 Å². The highest BCUT2D eigenvalue weighted by Crippen LogP contribution is 2.30. The number of aromatic nitrogens is 1. The standard InChI is InChI=1S/C14H23N3O3S/c1-14(2)5-4-7-17(8-6-14)13(18)12-9-11(10-16(12)3)21(15,19)20/h9-10H,4-8H2,1-3H3,(H2,15,19,20). The van der Waals surface area contributed by atoms with Crippen molar-refractivity contribution < 1.29 is 13.2 Å². The van der Waals surface area contributed by atoms with Crippen LogP contribution in [-0.4, -0.2) is 36.9 Å². The number of carbonyl (C=O) groups is 1. The van der Waals surface area contributed by atoms with Crippen LogP contribution in [0.4, 0.5) is 0 Å². The molecule has 0 saturated carbocycles. The lowest BCUT2D eigenvalue weighted by Gasteiger charge is -2.23. The molecule has 21 heavy (non-hydrogen) atoms. The largest absolute Gasteiger partial charge is 0.345 e. The molecule has 1 aromatic rings. The van der Waals surface area contributed by atoms with Crippen LogP contribution in [0.25, 0.3) is 0 Å². The second kappa shape index (κ2) is 5.46. The molecule has 1 amide bonds. The van der Waals surface area contributed by atoms with Crippen LogP contribution in [-0.2, 0) is 17.1 Å². The smallest absolute Gasteiger partial charge is 0.270 e. The lowest BCUT2D eigenvalue weighted by Crippen LogP contribution is -2.33. The maximum atomic E-state index is 12.6. The van der Waals surface area contributed by atoms with Gasteiger partial charge in [0.1, 0.15) is 10.6 Å². The summed E-state index contributed by atoms with van der Waals surface area (Å²) in [6.07, 6.45) is 4.38. The number of aryl methyl sites for hydroxylation is 1. The SMILES string of the molecule is Cn1cc(S(N)(=O)=O)cc1C(=O)N1CCCC(C)(C)CC1. The van der Waals surface area contributed by atoms with Crippen molar-refractivity contribution in [1.29, 1.82) is 0 Å². The molecule has 1 fully saturated rings. The number of hydrogen-bond donors (Lipinski definition) is 1. The van der Waals surface area contributed by atoms with Crippen molar-refractivity contribution in [1.82, 2.24) is 9.47 Å². The number of nitrogens with zero attached hydrogens (tertiary/aromatic N) is 2. The Morgan fingerprint density at radius 3 is 2.52 bits per heavy atom. The van der Waals surface area contributed by atoms with Crippen LogP contribution < -0.4 is 5.14 Å². The van der Waals surface area contributed by atoms with Crippen LogP contribution >= 0.6 is 0 Å². The molecule has 1 saturated heterocycles. The van der Waals surface area contributed by atoms with Crippen molar-refractivity contribution in [3.63, 3.8) is 0 Å². The van der Waals surface area contributed by atoms with Crippen LogP contribution in [0.5, 0.6) is 0 Å². The molecule has 0 aromatic carbocycles. The zero-order valence-corrected chi connectivity index (χ0v) is 13.6. The van der Waals surface area contributed by atoms with Gasteiger partial charge in [0.15, 0.2) is 0 Å². The average Bonchev–Trinajstić information content (AvgIpc) is 2.65. The first-order chi connectivity index (χ1) is 9.60. The van der Waals surface area contributed by atoms with E-state index in [-0.39, 0.29) is 16.2 Å². The second-order valence-corrected chi connectivity index (χ2v) is 8.09. The van der Waals surface area contributed by atoms with Gasteiger partial charge in [0.25, 0.3) is 5.91 Å². The molecule has 6 nitrogen and oxygen atoms in total. The molecule has 1 aliphatic heterocycles. The Morgan fingerprint density at radius 2 is 1.95 bits per heavy atom. The molecule has 0 atom stereocenters. The third kappa shape index (κ3) is 3.65. The van der Waals surface area contributed by atoms with E-state index in [9.17, 15) is 13.2 Å². The van der Waals surface area contributed by atoms with Gasteiger partial charge < -0.3 is 9.47 Å². The van der Waals surface area contributed by atoms with Crippen LogP contribution in [0.15, 0.2) is 17.2 Å². The topological polar surface area (TPSA) is 85.4 Å². The minimum Gasteiger partial charge on any atom is -0.345 e. The minimum absolute atomic E-state index is 0.0245. The summed E-state index contributed by atoms with van der Waals surface area (Å²) in [4.78, 5) is 14.4. The molecule has 0 bridgehead atoms. The van der Waals surface area contributed by atoms with Crippen molar-refractivity contribution in [2.75, 3.05) is 13.1 Å². The van der Waals surface area contributed by atoms with E-state index < -0.39 is 10.0 Å². The van der Waals surface area contributed by atoms with Crippen LogP contribution in [0.3, 0.4) is 0 Å². The van der Waals surface area contributed by atoms with Crippen LogP contribution in [0.1, 0.15) is 43.6 Å². The first-order valence-corrected chi connectivity index (χ1v) is 8.63. The summed E-state index contributed by atoms with van der Waals surface area (Å²) in [6.45, 7) is 5.82. The quantitative estimate of drug-likeness (QED) is 0.893. The van der Waals surface area contributed by atoms with Crippen LogP contribution in [0.2, 0.25) is 0 Å². The van der Waals surface area contributed by atoms with Gasteiger partial charge in [-0.15, -0.1) is 0 Å². The van der Waals surface area contributed by atoms with Crippen LogP contribution in [0, 0.1) is 5.41 Å². The van der Waals surface area contributed by atoms with Crippen molar-refractivity contribution in [3.8, 4) is 0 Å². The Balaban J connectivity index is 2.22. The number of carbonyl (C=O) groups excluding carboxylic acids is 1. The number of amides is 1. The minimum atomic E-state index is -3.79. The third-order valence-electron chi connectivity index (χ3n) is 4.15.